The predicted octanol–water partition coefficient (Wildman–Crippen LogP) is 1.74. The molecular weight excluding hydrogens is 614 g/mol. The fourth-order valence-electron chi connectivity index (χ4n) is 6.31. The van der Waals surface area contributed by atoms with Gasteiger partial charge >= 0.3 is 0 Å². The number of phenols is 2. The normalized spacial score (nSPS) is 26.0. The van der Waals surface area contributed by atoms with Crippen LogP contribution in [0.15, 0.2) is 53.3 Å². The van der Waals surface area contributed by atoms with E-state index in [9.17, 15) is 44.7 Å². The Bertz CT molecular complexity index is 1610. The number of aliphatic hydroxyl groups is 3. The van der Waals surface area contributed by atoms with Crippen LogP contribution in [0.1, 0.15) is 27.9 Å². The molecule has 3 aliphatic rings. The van der Waals surface area contributed by atoms with Gasteiger partial charge in [0.25, 0.3) is 5.91 Å². The van der Waals surface area contributed by atoms with Gasteiger partial charge in [-0.3, -0.25) is 24.1 Å². The molecule has 1 fully saturated rings. The first-order valence-corrected chi connectivity index (χ1v) is 13.8. The number of hydrogen-bond donors (Lipinski definition) is 7. The average molecular weight is 642 g/mol. The lowest BCUT2D eigenvalue weighted by molar-refractivity contribution is -0.153. The molecule has 5 atom stereocenters. The summed E-state index contributed by atoms with van der Waals surface area (Å²) < 4.78 is 0. The number of carbonyl (C=O) groups is 4. The topological polar surface area (TPSA) is 211 Å². The van der Waals surface area contributed by atoms with Gasteiger partial charge in [-0.15, -0.1) is 0 Å². The second kappa shape index (κ2) is 10.3. The minimum absolute atomic E-state index is 0.0213. The number of nitrogens with two attached hydrogens (primary N) is 1. The van der Waals surface area contributed by atoms with Crippen molar-refractivity contribution >= 4 is 50.8 Å². The number of phenolic OH excluding ortho intramolecular Hbond substituents is 2. The summed E-state index contributed by atoms with van der Waals surface area (Å²) >= 11 is 3.28. The predicted molar refractivity (Wildman–Crippen MR) is 153 cm³/mol. The molecule has 42 heavy (non-hydrogen) atoms. The summed E-state index contributed by atoms with van der Waals surface area (Å²) in [5.74, 6) is -8.02. The Balaban J connectivity index is 1.56. The first kappa shape index (κ1) is 29.3. The monoisotopic (exact) mass is 641 g/mol. The number of benzene rings is 2. The van der Waals surface area contributed by atoms with Crippen molar-refractivity contribution in [2.45, 2.75) is 29.3 Å². The third kappa shape index (κ3) is 4.27. The average Bonchev–Trinajstić information content (AvgIpc) is 2.91. The maximum absolute atomic E-state index is 13.9. The van der Waals surface area contributed by atoms with E-state index in [1.807, 2.05) is 0 Å². The van der Waals surface area contributed by atoms with Crippen molar-refractivity contribution in [2.24, 2.45) is 17.6 Å². The Hall–Kier alpha value is -4.20. The molecule has 0 aromatic heterocycles. The molecule has 1 saturated carbocycles. The molecule has 0 radical (unpaired) electrons. The first-order chi connectivity index (χ1) is 19.7. The van der Waals surface area contributed by atoms with E-state index < -0.39 is 74.5 Å². The second-order valence-corrected chi connectivity index (χ2v) is 11.8. The quantitative estimate of drug-likeness (QED) is 0.143. The number of nitrogens with one attached hydrogen (secondary N) is 1. The summed E-state index contributed by atoms with van der Waals surface area (Å²) in [6, 6.07) is 7.76. The van der Waals surface area contributed by atoms with Gasteiger partial charge in [0.2, 0.25) is 11.7 Å². The lowest BCUT2D eigenvalue weighted by Crippen LogP contribution is -2.65. The lowest BCUT2D eigenvalue weighted by Gasteiger charge is -2.50. The van der Waals surface area contributed by atoms with Gasteiger partial charge in [0.1, 0.15) is 33.4 Å². The number of carbonyl (C=O) groups excluding carboxylic acids is 4. The van der Waals surface area contributed by atoms with Crippen LogP contribution in [0.5, 0.6) is 11.5 Å². The maximum Gasteiger partial charge on any atom is 0.255 e. The number of alkyl halides is 1. The zero-order chi connectivity index (χ0) is 30.8. The number of amides is 2. The van der Waals surface area contributed by atoms with Gasteiger partial charge in [-0.05, 0) is 62.2 Å². The van der Waals surface area contributed by atoms with Crippen molar-refractivity contribution in [2.75, 3.05) is 19.4 Å². The molecule has 0 bridgehead atoms. The molecular formula is C29H28BrN3O9. The summed E-state index contributed by atoms with van der Waals surface area (Å²) in [5, 5.41) is 57.1. The van der Waals surface area contributed by atoms with E-state index in [2.05, 4.69) is 21.2 Å². The molecule has 0 heterocycles. The number of Topliss-reactive ketones (excluding diaryl/α,β-unsaturated/α-hetero) is 2. The zero-order valence-electron chi connectivity index (χ0n) is 22.5. The van der Waals surface area contributed by atoms with Crippen LogP contribution in [0, 0.1) is 11.8 Å². The molecule has 13 heteroatoms. The number of hydrogen-bond acceptors (Lipinski definition) is 10. The summed E-state index contributed by atoms with van der Waals surface area (Å²) in [7, 11) is 3.06. The SMILES string of the molecule is CN(C)[C@@H]1C(=O)C(C(N)=O)=C(O)[C@@]2(O)C(=O)C3=C(O)c4c(ccc(NC(=O)C(Br)c5ccc(O)cc5)c4O)CC3CC12. The third-order valence-corrected chi connectivity index (χ3v) is 9.21. The number of ketones is 2. The van der Waals surface area contributed by atoms with Crippen molar-refractivity contribution in [3.8, 4) is 11.5 Å². The highest BCUT2D eigenvalue weighted by Crippen LogP contribution is 2.53. The number of rotatable bonds is 5. The Kier molecular flexibility index (Phi) is 7.16. The summed E-state index contributed by atoms with van der Waals surface area (Å²) in [6.07, 6.45) is 0.105. The number of anilines is 1. The molecule has 2 aromatic rings. The molecule has 0 saturated heterocycles. The van der Waals surface area contributed by atoms with Gasteiger partial charge < -0.3 is 36.6 Å². The number of fused-ring (bicyclic) bond motifs is 3. The first-order valence-electron chi connectivity index (χ1n) is 12.9. The molecule has 3 aliphatic carbocycles. The number of aromatic hydroxyl groups is 2. The number of aliphatic hydroxyl groups excluding tert-OH is 2. The van der Waals surface area contributed by atoms with Crippen molar-refractivity contribution in [1.29, 1.82) is 0 Å². The fourth-order valence-corrected chi connectivity index (χ4v) is 6.73. The maximum atomic E-state index is 13.9. The van der Waals surface area contributed by atoms with Gasteiger partial charge in [-0.1, -0.05) is 34.1 Å². The van der Waals surface area contributed by atoms with Crippen LogP contribution in [-0.4, -0.2) is 79.6 Å². The Morgan fingerprint density at radius 3 is 2.31 bits per heavy atom. The van der Waals surface area contributed by atoms with E-state index in [0.717, 1.165) is 0 Å². The smallest absolute Gasteiger partial charge is 0.255 e. The second-order valence-electron chi connectivity index (χ2n) is 10.9. The van der Waals surface area contributed by atoms with E-state index in [0.29, 0.717) is 11.1 Å². The molecule has 2 aromatic carbocycles. The van der Waals surface area contributed by atoms with Gasteiger partial charge in [0, 0.05) is 11.5 Å². The minimum Gasteiger partial charge on any atom is -0.508 e. The van der Waals surface area contributed by atoms with E-state index in [1.165, 1.54) is 49.3 Å². The van der Waals surface area contributed by atoms with Crippen LogP contribution in [0.2, 0.25) is 0 Å². The van der Waals surface area contributed by atoms with Gasteiger partial charge in [-0.2, -0.15) is 0 Å². The molecule has 5 rings (SSSR count). The fraction of sp³-hybridized carbons (Fsp3) is 0.310. The van der Waals surface area contributed by atoms with Gasteiger partial charge in [-0.25, -0.2) is 0 Å². The van der Waals surface area contributed by atoms with E-state index in [4.69, 9.17) is 5.73 Å². The van der Waals surface area contributed by atoms with Crippen molar-refractivity contribution in [1.82, 2.24) is 4.90 Å². The van der Waals surface area contributed by atoms with Crippen LogP contribution in [0.25, 0.3) is 5.76 Å². The molecule has 12 nitrogen and oxygen atoms in total. The van der Waals surface area contributed by atoms with Gasteiger partial charge in [0.05, 0.1) is 17.3 Å². The lowest BCUT2D eigenvalue weighted by atomic mass is 9.57. The number of primary amides is 1. The van der Waals surface area contributed by atoms with Crippen LogP contribution >= 0.6 is 15.9 Å². The molecule has 0 spiro atoms. The molecule has 3 unspecified atom stereocenters. The van der Waals surface area contributed by atoms with Crippen molar-refractivity contribution in [3.05, 3.63) is 70.0 Å². The number of likely N-dealkylation sites (N-methyl/N-ethyl adjacent to an activating group) is 1. The number of nitrogens with zero attached hydrogens (tertiary/aromatic N) is 1. The minimum atomic E-state index is -2.74. The summed E-state index contributed by atoms with van der Waals surface area (Å²) in [4.78, 5) is 52.7. The Labute approximate surface area is 247 Å². The summed E-state index contributed by atoms with van der Waals surface area (Å²) in [5.41, 5.74) is 2.19. The largest absolute Gasteiger partial charge is 0.508 e. The van der Waals surface area contributed by atoms with E-state index >= 15 is 0 Å². The zero-order valence-corrected chi connectivity index (χ0v) is 24.0. The van der Waals surface area contributed by atoms with Crippen molar-refractivity contribution in [3.63, 3.8) is 0 Å². The van der Waals surface area contributed by atoms with E-state index in [1.54, 1.807) is 6.07 Å². The standard InChI is InChI=1S/C29H28BrN3O9/c1-33(2)21-15-10-13-9-12-5-8-16(32-28(41)20(30)11-3-6-14(34)7-4-11)22(35)17(12)23(36)18(13)25(38)29(15,42)26(39)19(24(21)37)27(31)40/h3-8,13,15,20-21,34-36,39,42H,9-10H2,1-2H3,(H2,31,40)(H,32,41)/t13?,15?,20?,21-,29-/m0/s1. The molecule has 8 N–H and O–H groups in total. The molecule has 2 amide bonds. The highest BCUT2D eigenvalue weighted by Gasteiger charge is 2.64. The summed E-state index contributed by atoms with van der Waals surface area (Å²) in [6.45, 7) is 0. The van der Waals surface area contributed by atoms with Crippen molar-refractivity contribution < 1.29 is 44.7 Å². The van der Waals surface area contributed by atoms with Gasteiger partial charge in [0.15, 0.2) is 11.4 Å². The highest BCUT2D eigenvalue weighted by molar-refractivity contribution is 9.09. The third-order valence-electron chi connectivity index (χ3n) is 8.27. The molecule has 220 valence electrons. The highest BCUT2D eigenvalue weighted by atomic mass is 79.9. The van der Waals surface area contributed by atoms with Crippen LogP contribution in [0.4, 0.5) is 5.69 Å². The van der Waals surface area contributed by atoms with E-state index in [-0.39, 0.29) is 35.4 Å². The van der Waals surface area contributed by atoms with Crippen LogP contribution < -0.4 is 11.1 Å². The Morgan fingerprint density at radius 1 is 1.07 bits per heavy atom. The van der Waals surface area contributed by atoms with Crippen LogP contribution in [0.3, 0.4) is 0 Å². The molecule has 0 aliphatic heterocycles. The van der Waals surface area contributed by atoms with Crippen LogP contribution in [-0.2, 0) is 25.6 Å². The Morgan fingerprint density at radius 2 is 1.71 bits per heavy atom. The number of halogens is 1.